The highest BCUT2D eigenvalue weighted by Crippen LogP contribution is 2.34. The van der Waals surface area contributed by atoms with E-state index in [0.717, 1.165) is 37.6 Å². The van der Waals surface area contributed by atoms with E-state index in [1.54, 1.807) is 14.2 Å². The van der Waals surface area contributed by atoms with E-state index >= 15 is 0 Å². The van der Waals surface area contributed by atoms with Crippen LogP contribution in [0, 0.1) is 0 Å². The van der Waals surface area contributed by atoms with Crippen molar-refractivity contribution in [2.45, 2.75) is 45.7 Å². The topological polar surface area (TPSA) is 24.9 Å². The highest BCUT2D eigenvalue weighted by atomic mass is 16.5. The van der Waals surface area contributed by atoms with Crippen LogP contribution in [-0.2, 0) is 13.0 Å². The number of hydrogen-bond donors (Lipinski definition) is 0. The van der Waals surface area contributed by atoms with Gasteiger partial charge >= 0.3 is 0 Å². The molecular weight excluding hydrogens is 312 g/mol. The van der Waals surface area contributed by atoms with Crippen LogP contribution < -0.4 is 9.47 Å². The van der Waals surface area contributed by atoms with Crippen LogP contribution in [0.3, 0.4) is 0 Å². The fourth-order valence-corrected chi connectivity index (χ4v) is 4.13. The van der Waals surface area contributed by atoms with Gasteiger partial charge in [-0.15, -0.1) is 0 Å². The molecule has 0 radical (unpaired) electrons. The lowest BCUT2D eigenvalue weighted by atomic mass is 9.95. The summed E-state index contributed by atoms with van der Waals surface area (Å²) in [4.78, 5) is 5.29. The molecule has 1 unspecified atom stereocenters. The first-order valence-electron chi connectivity index (χ1n) is 9.46. The number of piperidine rings is 1. The molecule has 1 aromatic rings. The van der Waals surface area contributed by atoms with Crippen molar-refractivity contribution in [1.29, 1.82) is 0 Å². The molecule has 3 rings (SSSR count). The minimum atomic E-state index is 0.666. The second kappa shape index (κ2) is 8.24. The van der Waals surface area contributed by atoms with Gasteiger partial charge in [-0.2, -0.15) is 0 Å². The van der Waals surface area contributed by atoms with Crippen LogP contribution in [0.5, 0.6) is 11.5 Å². The second-order valence-electron chi connectivity index (χ2n) is 7.36. The summed E-state index contributed by atoms with van der Waals surface area (Å²) in [6.07, 6.45) is 5.95. The Labute approximate surface area is 152 Å². The van der Waals surface area contributed by atoms with E-state index in [-0.39, 0.29) is 0 Å². The van der Waals surface area contributed by atoms with Crippen LogP contribution in [0.15, 0.2) is 23.8 Å². The lowest BCUT2D eigenvalue weighted by molar-refractivity contribution is 0.0924. The molecule has 1 saturated heterocycles. The summed E-state index contributed by atoms with van der Waals surface area (Å²) in [6, 6.07) is 5.00. The molecule has 0 spiro atoms. The Hall–Kier alpha value is -1.52. The fourth-order valence-electron chi connectivity index (χ4n) is 4.13. The maximum Gasteiger partial charge on any atom is 0.161 e. The highest BCUT2D eigenvalue weighted by molar-refractivity contribution is 5.48. The number of fused-ring (bicyclic) bond motifs is 1. The Balaban J connectivity index is 1.69. The molecule has 2 heterocycles. The van der Waals surface area contributed by atoms with Crippen molar-refractivity contribution in [3.05, 3.63) is 34.9 Å². The molecule has 2 aliphatic heterocycles. The maximum absolute atomic E-state index is 5.50. The van der Waals surface area contributed by atoms with E-state index < -0.39 is 0 Å². The molecule has 4 nitrogen and oxygen atoms in total. The third kappa shape index (κ3) is 4.18. The van der Waals surface area contributed by atoms with E-state index in [1.807, 2.05) is 0 Å². The lowest BCUT2D eigenvalue weighted by Crippen LogP contribution is -2.49. The Morgan fingerprint density at radius 1 is 1.16 bits per heavy atom. The molecule has 138 valence electrons. The van der Waals surface area contributed by atoms with Crippen LogP contribution in [0.4, 0.5) is 0 Å². The maximum atomic E-state index is 5.50. The van der Waals surface area contributed by atoms with Crippen molar-refractivity contribution in [1.82, 2.24) is 9.80 Å². The molecule has 25 heavy (non-hydrogen) atoms. The molecule has 0 saturated carbocycles. The van der Waals surface area contributed by atoms with Crippen molar-refractivity contribution in [2.75, 3.05) is 40.4 Å². The first-order valence-corrected chi connectivity index (χ1v) is 9.46. The minimum absolute atomic E-state index is 0.666. The molecule has 1 aromatic carbocycles. The molecule has 0 aliphatic carbocycles. The van der Waals surface area contributed by atoms with Crippen LogP contribution in [-0.4, -0.2) is 56.2 Å². The molecule has 2 aliphatic rings. The largest absolute Gasteiger partial charge is 0.493 e. The summed E-state index contributed by atoms with van der Waals surface area (Å²) in [5.41, 5.74) is 4.28. The standard InChI is InChI=1S/C21H32N2O2/c1-5-16(2)13-22-9-6-7-19(15-22)23-10-8-17-11-20(24-3)21(25-4)12-18(17)14-23/h5,11-12,19H,6-10,13-15H2,1-4H3/b16-5+. The zero-order chi connectivity index (χ0) is 17.8. The molecular formula is C21H32N2O2. The van der Waals surface area contributed by atoms with Crippen molar-refractivity contribution in [3.63, 3.8) is 0 Å². The van der Waals surface area contributed by atoms with Crippen molar-refractivity contribution < 1.29 is 9.47 Å². The second-order valence-corrected chi connectivity index (χ2v) is 7.36. The number of rotatable bonds is 5. The smallest absolute Gasteiger partial charge is 0.161 e. The molecule has 1 atom stereocenters. The van der Waals surface area contributed by atoms with Gasteiger partial charge in [-0.3, -0.25) is 9.80 Å². The Kier molecular flexibility index (Phi) is 6.02. The number of ether oxygens (including phenoxy) is 2. The van der Waals surface area contributed by atoms with Gasteiger partial charge < -0.3 is 9.47 Å². The van der Waals surface area contributed by atoms with E-state index in [1.165, 1.54) is 42.6 Å². The van der Waals surface area contributed by atoms with Crippen LogP contribution >= 0.6 is 0 Å². The zero-order valence-electron chi connectivity index (χ0n) is 16.2. The molecule has 1 fully saturated rings. The number of hydrogen-bond acceptors (Lipinski definition) is 4. The monoisotopic (exact) mass is 344 g/mol. The van der Waals surface area contributed by atoms with Crippen LogP contribution in [0.1, 0.15) is 37.8 Å². The van der Waals surface area contributed by atoms with Crippen LogP contribution in [0.2, 0.25) is 0 Å². The molecule has 0 aromatic heterocycles. The number of methoxy groups -OCH3 is 2. The summed E-state index contributed by atoms with van der Waals surface area (Å²) >= 11 is 0. The van der Waals surface area contributed by atoms with Gasteiger partial charge in [0.25, 0.3) is 0 Å². The number of benzene rings is 1. The van der Waals surface area contributed by atoms with Crippen molar-refractivity contribution >= 4 is 0 Å². The molecule has 0 N–H and O–H groups in total. The first-order chi connectivity index (χ1) is 12.1. The normalized spacial score (nSPS) is 22.6. The molecule has 0 amide bonds. The molecule has 0 bridgehead atoms. The summed E-state index contributed by atoms with van der Waals surface area (Å²) in [7, 11) is 3.43. The van der Waals surface area contributed by atoms with Gasteiger partial charge in [0.05, 0.1) is 14.2 Å². The molecule has 4 heteroatoms. The van der Waals surface area contributed by atoms with Gasteiger partial charge in [0.1, 0.15) is 0 Å². The highest BCUT2D eigenvalue weighted by Gasteiger charge is 2.28. The Morgan fingerprint density at radius 2 is 1.88 bits per heavy atom. The van der Waals surface area contributed by atoms with Gasteiger partial charge in [0.2, 0.25) is 0 Å². The van der Waals surface area contributed by atoms with E-state index in [9.17, 15) is 0 Å². The van der Waals surface area contributed by atoms with E-state index in [4.69, 9.17) is 9.47 Å². The third-order valence-corrected chi connectivity index (χ3v) is 5.71. The quantitative estimate of drug-likeness (QED) is 0.764. The van der Waals surface area contributed by atoms with E-state index in [2.05, 4.69) is 41.9 Å². The number of nitrogens with zero attached hydrogens (tertiary/aromatic N) is 2. The summed E-state index contributed by atoms with van der Waals surface area (Å²) in [5.74, 6) is 1.69. The third-order valence-electron chi connectivity index (χ3n) is 5.71. The lowest BCUT2D eigenvalue weighted by Gasteiger charge is -2.41. The Bertz CT molecular complexity index is 627. The van der Waals surface area contributed by atoms with Gasteiger partial charge in [-0.1, -0.05) is 11.6 Å². The summed E-state index contributed by atoms with van der Waals surface area (Å²) in [5, 5.41) is 0. The zero-order valence-corrected chi connectivity index (χ0v) is 16.2. The predicted molar refractivity (Wildman–Crippen MR) is 103 cm³/mol. The first kappa shape index (κ1) is 18.3. The average molecular weight is 344 g/mol. The van der Waals surface area contributed by atoms with Gasteiger partial charge in [0.15, 0.2) is 11.5 Å². The Morgan fingerprint density at radius 3 is 2.56 bits per heavy atom. The van der Waals surface area contributed by atoms with Gasteiger partial charge in [-0.25, -0.2) is 0 Å². The van der Waals surface area contributed by atoms with Crippen molar-refractivity contribution in [2.24, 2.45) is 0 Å². The number of likely N-dealkylation sites (tertiary alicyclic amines) is 1. The number of allylic oxidation sites excluding steroid dienone is 1. The fraction of sp³-hybridized carbons (Fsp3) is 0.619. The summed E-state index contributed by atoms with van der Waals surface area (Å²) < 4.78 is 11.0. The van der Waals surface area contributed by atoms with Crippen LogP contribution in [0.25, 0.3) is 0 Å². The van der Waals surface area contributed by atoms with Gasteiger partial charge in [0, 0.05) is 32.2 Å². The van der Waals surface area contributed by atoms with E-state index in [0.29, 0.717) is 6.04 Å². The summed E-state index contributed by atoms with van der Waals surface area (Å²) in [6.45, 7) is 10.1. The SMILES string of the molecule is C/C=C(\C)CN1CCCC(N2CCc3cc(OC)c(OC)cc3C2)C1. The van der Waals surface area contributed by atoms with Crippen molar-refractivity contribution in [3.8, 4) is 11.5 Å². The average Bonchev–Trinajstić information content (AvgIpc) is 2.66. The minimum Gasteiger partial charge on any atom is -0.493 e. The predicted octanol–water partition coefficient (Wildman–Crippen LogP) is 3.49. The van der Waals surface area contributed by atoms with Gasteiger partial charge in [-0.05, 0) is 62.9 Å².